The number of benzene rings is 1. The van der Waals surface area contributed by atoms with Crippen LogP contribution in [0.1, 0.15) is 38.3 Å². The molecule has 0 amide bonds. The van der Waals surface area contributed by atoms with Crippen LogP contribution in [0.5, 0.6) is 11.5 Å². The first-order valence-corrected chi connectivity index (χ1v) is 6.84. The number of hydrazine groups is 1. The van der Waals surface area contributed by atoms with E-state index in [1.54, 1.807) is 14.2 Å². The van der Waals surface area contributed by atoms with Gasteiger partial charge in [-0.2, -0.15) is 0 Å². The summed E-state index contributed by atoms with van der Waals surface area (Å²) in [7, 11) is 3.17. The summed E-state index contributed by atoms with van der Waals surface area (Å²) in [5.74, 6) is 7.26. The molecule has 4 nitrogen and oxygen atoms in total. The molecule has 108 valence electrons. The van der Waals surface area contributed by atoms with Gasteiger partial charge in [0.2, 0.25) is 0 Å². The molecule has 1 rings (SSSR count). The maximum Gasteiger partial charge on any atom is 0.179 e. The van der Waals surface area contributed by atoms with Crippen LogP contribution in [0.3, 0.4) is 0 Å². The van der Waals surface area contributed by atoms with Crippen molar-refractivity contribution in [3.8, 4) is 11.5 Å². The van der Waals surface area contributed by atoms with Crippen LogP contribution >= 0.6 is 11.6 Å². The summed E-state index contributed by atoms with van der Waals surface area (Å²) >= 11 is 6.22. The lowest BCUT2D eigenvalue weighted by molar-refractivity contribution is 0.347. The summed E-state index contributed by atoms with van der Waals surface area (Å²) in [4.78, 5) is 0. The Morgan fingerprint density at radius 2 is 2.00 bits per heavy atom. The molecule has 5 heteroatoms. The third-order valence-electron chi connectivity index (χ3n) is 3.31. The fourth-order valence-corrected chi connectivity index (χ4v) is 2.62. The summed E-state index contributed by atoms with van der Waals surface area (Å²) in [6.07, 6.45) is 2.20. The summed E-state index contributed by atoms with van der Waals surface area (Å²) in [6.45, 7) is 4.32. The maximum atomic E-state index is 6.22. The Morgan fingerprint density at radius 3 is 2.47 bits per heavy atom. The highest BCUT2D eigenvalue weighted by atomic mass is 35.5. The number of rotatable bonds is 7. The molecule has 0 aliphatic heterocycles. The van der Waals surface area contributed by atoms with Gasteiger partial charge in [0.1, 0.15) is 0 Å². The predicted octanol–water partition coefficient (Wildman–Crippen LogP) is 3.30. The fraction of sp³-hybridized carbons (Fsp3) is 0.571. The fourth-order valence-electron chi connectivity index (χ4n) is 2.33. The molecule has 0 spiro atoms. The first kappa shape index (κ1) is 16.1. The second-order valence-corrected chi connectivity index (χ2v) is 5.06. The molecule has 0 aliphatic rings. The van der Waals surface area contributed by atoms with E-state index in [-0.39, 0.29) is 6.04 Å². The van der Waals surface area contributed by atoms with E-state index in [2.05, 4.69) is 19.3 Å². The predicted molar refractivity (Wildman–Crippen MR) is 78.7 cm³/mol. The molecule has 1 aromatic carbocycles. The monoisotopic (exact) mass is 286 g/mol. The van der Waals surface area contributed by atoms with E-state index in [1.165, 1.54) is 0 Å². The van der Waals surface area contributed by atoms with Crippen molar-refractivity contribution < 1.29 is 9.47 Å². The first-order chi connectivity index (χ1) is 9.08. The van der Waals surface area contributed by atoms with E-state index < -0.39 is 0 Å². The van der Waals surface area contributed by atoms with E-state index >= 15 is 0 Å². The lowest BCUT2D eigenvalue weighted by Crippen LogP contribution is -2.32. The van der Waals surface area contributed by atoms with Crippen LogP contribution in [0.25, 0.3) is 0 Å². The van der Waals surface area contributed by atoms with Gasteiger partial charge >= 0.3 is 0 Å². The molecular weight excluding hydrogens is 264 g/mol. The number of halogens is 1. The topological polar surface area (TPSA) is 56.5 Å². The van der Waals surface area contributed by atoms with E-state index in [0.29, 0.717) is 22.4 Å². The molecule has 0 saturated heterocycles. The zero-order chi connectivity index (χ0) is 14.4. The zero-order valence-corrected chi connectivity index (χ0v) is 12.8. The van der Waals surface area contributed by atoms with Crippen molar-refractivity contribution in [3.05, 3.63) is 22.7 Å². The van der Waals surface area contributed by atoms with Crippen LogP contribution in [0.15, 0.2) is 12.1 Å². The Hall–Kier alpha value is -0.970. The second-order valence-electron chi connectivity index (χ2n) is 4.65. The third kappa shape index (κ3) is 3.75. The minimum atomic E-state index is 0.0391. The highest BCUT2D eigenvalue weighted by molar-refractivity contribution is 6.32. The van der Waals surface area contributed by atoms with Gasteiger partial charge in [-0.25, -0.2) is 0 Å². The lowest BCUT2D eigenvalue weighted by atomic mass is 9.91. The summed E-state index contributed by atoms with van der Waals surface area (Å²) < 4.78 is 10.5. The summed E-state index contributed by atoms with van der Waals surface area (Å²) in [6, 6.07) is 3.83. The van der Waals surface area contributed by atoms with Crippen molar-refractivity contribution in [2.24, 2.45) is 11.8 Å². The molecule has 19 heavy (non-hydrogen) atoms. The van der Waals surface area contributed by atoms with Crippen LogP contribution < -0.4 is 20.7 Å². The van der Waals surface area contributed by atoms with Gasteiger partial charge in [-0.05, 0) is 30.0 Å². The smallest absolute Gasteiger partial charge is 0.179 e. The molecule has 0 radical (unpaired) electrons. The minimum Gasteiger partial charge on any atom is -0.493 e. The van der Waals surface area contributed by atoms with Crippen LogP contribution in [-0.4, -0.2) is 14.2 Å². The van der Waals surface area contributed by atoms with E-state index in [1.807, 2.05) is 12.1 Å². The zero-order valence-electron chi connectivity index (χ0n) is 12.0. The Kier molecular flexibility index (Phi) is 6.42. The van der Waals surface area contributed by atoms with Gasteiger partial charge in [0, 0.05) is 6.04 Å². The van der Waals surface area contributed by atoms with Crippen molar-refractivity contribution in [1.82, 2.24) is 5.43 Å². The number of ether oxygens (including phenoxy) is 2. The van der Waals surface area contributed by atoms with Gasteiger partial charge in [-0.15, -0.1) is 0 Å². The average Bonchev–Trinajstić information content (AvgIpc) is 2.39. The van der Waals surface area contributed by atoms with Gasteiger partial charge in [0.25, 0.3) is 0 Å². The summed E-state index contributed by atoms with van der Waals surface area (Å²) in [5, 5.41) is 0.529. The number of nitrogens with one attached hydrogen (secondary N) is 1. The third-order valence-corrected chi connectivity index (χ3v) is 3.59. The molecule has 0 fully saturated rings. The largest absolute Gasteiger partial charge is 0.493 e. The minimum absolute atomic E-state index is 0.0391. The normalized spacial score (nSPS) is 14.0. The molecule has 0 heterocycles. The van der Waals surface area contributed by atoms with Crippen molar-refractivity contribution >= 4 is 11.6 Å². The van der Waals surface area contributed by atoms with Gasteiger partial charge in [0.15, 0.2) is 11.5 Å². The molecule has 0 bridgehead atoms. The summed E-state index contributed by atoms with van der Waals surface area (Å²) in [5.41, 5.74) is 3.87. The molecule has 2 atom stereocenters. The molecule has 0 aromatic heterocycles. The van der Waals surface area contributed by atoms with Crippen molar-refractivity contribution in [3.63, 3.8) is 0 Å². The van der Waals surface area contributed by atoms with Crippen molar-refractivity contribution in [1.29, 1.82) is 0 Å². The van der Waals surface area contributed by atoms with Gasteiger partial charge in [-0.3, -0.25) is 11.3 Å². The number of hydrogen-bond acceptors (Lipinski definition) is 4. The number of nitrogens with two attached hydrogens (primary N) is 1. The quantitative estimate of drug-likeness (QED) is 0.596. The molecule has 3 N–H and O–H groups in total. The number of hydrogen-bond donors (Lipinski definition) is 2. The number of methoxy groups -OCH3 is 2. The highest BCUT2D eigenvalue weighted by Gasteiger charge is 2.21. The standard InChI is InChI=1S/C14H23ClN2O2/c1-5-6-9(2)13(17-16)10-7-11(15)14(19-4)12(8-10)18-3/h7-9,13,17H,5-6,16H2,1-4H3. The van der Waals surface area contributed by atoms with Gasteiger partial charge in [0.05, 0.1) is 19.2 Å². The maximum absolute atomic E-state index is 6.22. The molecular formula is C14H23ClN2O2. The molecule has 1 aromatic rings. The van der Waals surface area contributed by atoms with Crippen molar-refractivity contribution in [2.45, 2.75) is 32.7 Å². The van der Waals surface area contributed by atoms with Gasteiger partial charge < -0.3 is 9.47 Å². The SMILES string of the molecule is CCCC(C)C(NN)c1cc(Cl)c(OC)c(OC)c1. The van der Waals surface area contributed by atoms with Crippen LogP contribution in [0, 0.1) is 5.92 Å². The highest BCUT2D eigenvalue weighted by Crippen LogP contribution is 2.39. The lowest BCUT2D eigenvalue weighted by Gasteiger charge is -2.24. The Bertz CT molecular complexity index is 413. The molecule has 2 unspecified atom stereocenters. The van der Waals surface area contributed by atoms with Crippen molar-refractivity contribution in [2.75, 3.05) is 14.2 Å². The van der Waals surface area contributed by atoms with Crippen LogP contribution in [0.2, 0.25) is 5.02 Å². The molecule has 0 aliphatic carbocycles. The molecule has 0 saturated carbocycles. The Balaban J connectivity index is 3.14. The Labute approximate surface area is 120 Å². The van der Waals surface area contributed by atoms with E-state index in [0.717, 1.165) is 18.4 Å². The van der Waals surface area contributed by atoms with Crippen LogP contribution in [-0.2, 0) is 0 Å². The van der Waals surface area contributed by atoms with E-state index in [4.69, 9.17) is 26.9 Å². The Morgan fingerprint density at radius 1 is 1.32 bits per heavy atom. The van der Waals surface area contributed by atoms with Crippen LogP contribution in [0.4, 0.5) is 0 Å². The second kappa shape index (κ2) is 7.58. The van der Waals surface area contributed by atoms with E-state index in [9.17, 15) is 0 Å². The van der Waals surface area contributed by atoms with Gasteiger partial charge in [-0.1, -0.05) is 31.9 Å². The average molecular weight is 287 g/mol. The first-order valence-electron chi connectivity index (χ1n) is 6.46.